The van der Waals surface area contributed by atoms with Crippen LogP contribution in [0.3, 0.4) is 0 Å². The van der Waals surface area contributed by atoms with Crippen LogP contribution in [0, 0.1) is 20.8 Å². The molecule has 0 aliphatic carbocycles. The van der Waals surface area contributed by atoms with Gasteiger partial charge in [-0.25, -0.2) is 4.79 Å². The highest BCUT2D eigenvalue weighted by Crippen LogP contribution is 2.15. The molecule has 0 unspecified atom stereocenters. The van der Waals surface area contributed by atoms with Crippen LogP contribution in [0.5, 0.6) is 0 Å². The van der Waals surface area contributed by atoms with Crippen molar-refractivity contribution < 1.29 is 9.53 Å². The minimum absolute atomic E-state index is 0.0757. The summed E-state index contributed by atoms with van der Waals surface area (Å²) in [5, 5.41) is 16.7. The van der Waals surface area contributed by atoms with E-state index in [2.05, 4.69) is 20.5 Å². The third kappa shape index (κ3) is 3.49. The molecule has 0 N–H and O–H groups in total. The first kappa shape index (κ1) is 18.5. The first-order valence-electron chi connectivity index (χ1n) is 8.95. The third-order valence-corrected chi connectivity index (χ3v) is 4.49. The number of rotatable bonds is 4. The molecule has 0 fully saturated rings. The van der Waals surface area contributed by atoms with E-state index in [0.29, 0.717) is 16.6 Å². The van der Waals surface area contributed by atoms with Crippen LogP contribution in [-0.4, -0.2) is 36.0 Å². The van der Waals surface area contributed by atoms with Gasteiger partial charge in [-0.2, -0.15) is 14.6 Å². The molecule has 0 amide bonds. The number of aromatic nitrogens is 6. The number of hydrogen-bond acceptors (Lipinski definition) is 7. The lowest BCUT2D eigenvalue weighted by molar-refractivity contribution is 0.0327. The van der Waals surface area contributed by atoms with Crippen molar-refractivity contribution in [2.45, 2.75) is 27.5 Å². The molecular weight excluding hydrogens is 372 g/mol. The summed E-state index contributed by atoms with van der Waals surface area (Å²) in [4.78, 5) is 26.3. The van der Waals surface area contributed by atoms with E-state index >= 15 is 0 Å². The van der Waals surface area contributed by atoms with Gasteiger partial charge in [0.25, 0.3) is 5.56 Å². The molecule has 0 atom stereocenters. The van der Waals surface area contributed by atoms with Crippen molar-refractivity contribution >= 4 is 16.9 Å². The van der Waals surface area contributed by atoms with Crippen LogP contribution in [0.25, 0.3) is 16.6 Å². The van der Waals surface area contributed by atoms with Crippen LogP contribution < -0.4 is 5.56 Å². The summed E-state index contributed by atoms with van der Waals surface area (Å²) in [7, 11) is 0. The highest BCUT2D eigenvalue weighted by atomic mass is 16.5. The molecule has 2 aromatic heterocycles. The zero-order valence-corrected chi connectivity index (χ0v) is 16.2. The number of esters is 1. The number of nitrogens with zero attached hydrogens (tertiary/aromatic N) is 6. The zero-order chi connectivity index (χ0) is 20.5. The van der Waals surface area contributed by atoms with Gasteiger partial charge in [0.2, 0.25) is 0 Å². The van der Waals surface area contributed by atoms with Crippen LogP contribution in [0.15, 0.2) is 47.3 Å². The van der Waals surface area contributed by atoms with Gasteiger partial charge in [-0.05, 0) is 44.5 Å². The molecule has 2 aromatic carbocycles. The van der Waals surface area contributed by atoms with E-state index < -0.39 is 5.97 Å². The molecule has 0 saturated carbocycles. The minimum atomic E-state index is -0.694. The first-order valence-corrected chi connectivity index (χ1v) is 8.95. The van der Waals surface area contributed by atoms with E-state index in [4.69, 9.17) is 4.74 Å². The standard InChI is InChI=1S/C20H18N6O3/c1-12-8-9-17(13(2)10-12)26-22-14(3)18(23-26)20(28)29-11-25-19(27)15-6-4-5-7-16(15)21-24-25/h4-10H,11H2,1-3H3. The fraction of sp³-hybridized carbons (Fsp3) is 0.200. The Labute approximate surface area is 165 Å². The highest BCUT2D eigenvalue weighted by Gasteiger charge is 2.19. The Morgan fingerprint density at radius 2 is 1.86 bits per heavy atom. The highest BCUT2D eigenvalue weighted by molar-refractivity contribution is 5.88. The molecule has 0 aliphatic heterocycles. The van der Waals surface area contributed by atoms with Crippen molar-refractivity contribution in [3.63, 3.8) is 0 Å². The SMILES string of the molecule is Cc1ccc(-n2nc(C)c(C(=O)OCn3nnc4ccccc4c3=O)n2)c(C)c1. The Hall–Kier alpha value is -3.88. The van der Waals surface area contributed by atoms with Gasteiger partial charge in [-0.15, -0.1) is 10.2 Å². The Balaban J connectivity index is 1.56. The predicted molar refractivity (Wildman–Crippen MR) is 105 cm³/mol. The molecule has 2 heterocycles. The number of carbonyl (C=O) groups excluding carboxylic acids is 1. The first-order chi connectivity index (χ1) is 13.9. The Bertz CT molecular complexity index is 1290. The second-order valence-corrected chi connectivity index (χ2v) is 6.69. The van der Waals surface area contributed by atoms with Crippen molar-refractivity contribution in [2.24, 2.45) is 0 Å². The van der Waals surface area contributed by atoms with Gasteiger partial charge in [-0.1, -0.05) is 35.0 Å². The number of hydrogen-bond donors (Lipinski definition) is 0. The molecule has 0 bridgehead atoms. The lowest BCUT2D eigenvalue weighted by Crippen LogP contribution is -2.26. The van der Waals surface area contributed by atoms with Crippen molar-refractivity contribution in [1.82, 2.24) is 30.0 Å². The van der Waals surface area contributed by atoms with Crippen LogP contribution in [-0.2, 0) is 11.5 Å². The van der Waals surface area contributed by atoms with Gasteiger partial charge >= 0.3 is 5.97 Å². The zero-order valence-electron chi connectivity index (χ0n) is 16.2. The second-order valence-electron chi connectivity index (χ2n) is 6.69. The number of fused-ring (bicyclic) bond motifs is 1. The summed E-state index contributed by atoms with van der Waals surface area (Å²) in [6, 6.07) is 12.7. The molecule has 4 rings (SSSR count). The van der Waals surface area contributed by atoms with E-state index in [1.165, 1.54) is 4.80 Å². The van der Waals surface area contributed by atoms with Gasteiger partial charge in [0, 0.05) is 0 Å². The van der Waals surface area contributed by atoms with Crippen molar-refractivity contribution in [1.29, 1.82) is 0 Å². The maximum Gasteiger partial charge on any atom is 0.362 e. The molecule has 0 aliphatic rings. The van der Waals surface area contributed by atoms with Crippen LogP contribution >= 0.6 is 0 Å². The summed E-state index contributed by atoms with van der Waals surface area (Å²) in [5.74, 6) is -0.694. The largest absolute Gasteiger partial charge is 0.437 e. The fourth-order valence-corrected chi connectivity index (χ4v) is 3.00. The summed E-state index contributed by atoms with van der Waals surface area (Å²) in [6.45, 7) is 5.25. The molecule has 9 nitrogen and oxygen atoms in total. The molecule has 0 radical (unpaired) electrons. The second kappa shape index (κ2) is 7.27. The van der Waals surface area contributed by atoms with Crippen molar-refractivity contribution in [3.05, 3.63) is 75.3 Å². The number of benzene rings is 2. The predicted octanol–water partition coefficient (Wildman–Crippen LogP) is 2.11. The van der Waals surface area contributed by atoms with Crippen LogP contribution in [0.4, 0.5) is 0 Å². The average molecular weight is 390 g/mol. The number of ether oxygens (including phenoxy) is 1. The maximum absolute atomic E-state index is 12.5. The van der Waals surface area contributed by atoms with E-state index in [0.717, 1.165) is 21.5 Å². The molecule has 29 heavy (non-hydrogen) atoms. The minimum Gasteiger partial charge on any atom is -0.437 e. The Kier molecular flexibility index (Phi) is 4.63. The fourth-order valence-electron chi connectivity index (χ4n) is 3.00. The van der Waals surface area contributed by atoms with Gasteiger partial charge in [0.05, 0.1) is 16.8 Å². The monoisotopic (exact) mass is 390 g/mol. The maximum atomic E-state index is 12.5. The third-order valence-electron chi connectivity index (χ3n) is 4.49. The van der Waals surface area contributed by atoms with Crippen molar-refractivity contribution in [3.8, 4) is 5.69 Å². The number of aryl methyl sites for hydroxylation is 3. The van der Waals surface area contributed by atoms with Crippen LogP contribution in [0.1, 0.15) is 27.3 Å². The van der Waals surface area contributed by atoms with Gasteiger partial charge < -0.3 is 4.74 Å². The van der Waals surface area contributed by atoms with E-state index in [1.54, 1.807) is 31.2 Å². The lowest BCUT2D eigenvalue weighted by atomic mass is 10.1. The van der Waals surface area contributed by atoms with E-state index in [9.17, 15) is 9.59 Å². The van der Waals surface area contributed by atoms with Gasteiger partial charge in [-0.3, -0.25) is 4.79 Å². The van der Waals surface area contributed by atoms with Crippen LogP contribution in [0.2, 0.25) is 0 Å². The Morgan fingerprint density at radius 3 is 2.66 bits per heavy atom. The molecule has 4 aromatic rings. The smallest absolute Gasteiger partial charge is 0.362 e. The summed E-state index contributed by atoms with van der Waals surface area (Å²) < 4.78 is 6.22. The molecule has 0 saturated heterocycles. The number of carbonyl (C=O) groups is 1. The van der Waals surface area contributed by atoms with Crippen molar-refractivity contribution in [2.75, 3.05) is 0 Å². The molecule has 0 spiro atoms. The average Bonchev–Trinajstić information content (AvgIpc) is 3.09. The van der Waals surface area contributed by atoms with E-state index in [1.807, 2.05) is 32.0 Å². The molecular formula is C20H18N6O3. The lowest BCUT2D eigenvalue weighted by Gasteiger charge is -2.06. The summed E-state index contributed by atoms with van der Waals surface area (Å²) >= 11 is 0. The Morgan fingerprint density at radius 1 is 1.07 bits per heavy atom. The normalized spacial score (nSPS) is 11.0. The summed E-state index contributed by atoms with van der Waals surface area (Å²) in [5.41, 5.74) is 3.47. The quantitative estimate of drug-likeness (QED) is 0.492. The van der Waals surface area contributed by atoms with E-state index in [-0.39, 0.29) is 18.0 Å². The molecule has 9 heteroatoms. The molecule has 146 valence electrons. The summed E-state index contributed by atoms with van der Waals surface area (Å²) in [6.07, 6.45) is 0. The van der Waals surface area contributed by atoms with Gasteiger partial charge in [0.15, 0.2) is 12.4 Å². The van der Waals surface area contributed by atoms with Gasteiger partial charge in [0.1, 0.15) is 5.52 Å². The topological polar surface area (TPSA) is 105 Å².